The molecule has 1 N–H and O–H groups in total. The van der Waals surface area contributed by atoms with Crippen LogP contribution in [0.5, 0.6) is 5.88 Å². The molecule has 104 valence electrons. The lowest BCUT2D eigenvalue weighted by molar-refractivity contribution is 0.114. The third-order valence-electron chi connectivity index (χ3n) is 4.15. The third kappa shape index (κ3) is 2.81. The van der Waals surface area contributed by atoms with E-state index >= 15 is 0 Å². The molecule has 0 aromatic carbocycles. The van der Waals surface area contributed by atoms with Crippen LogP contribution in [0.25, 0.3) is 0 Å². The molecule has 1 aliphatic heterocycles. The SMILES string of the molecule is OCC1CCN(c2nccnc2OC2CCC2)CC1. The van der Waals surface area contributed by atoms with Crippen LogP contribution in [0.3, 0.4) is 0 Å². The maximum Gasteiger partial charge on any atom is 0.257 e. The van der Waals surface area contributed by atoms with Gasteiger partial charge in [0.05, 0.1) is 0 Å². The normalized spacial score (nSPS) is 21.2. The van der Waals surface area contributed by atoms with Crippen LogP contribution in [0.4, 0.5) is 5.82 Å². The number of hydrogen-bond donors (Lipinski definition) is 1. The van der Waals surface area contributed by atoms with Crippen molar-refractivity contribution in [3.63, 3.8) is 0 Å². The van der Waals surface area contributed by atoms with Crippen LogP contribution in [0, 0.1) is 5.92 Å². The molecule has 3 rings (SSSR count). The predicted molar refractivity (Wildman–Crippen MR) is 72.3 cm³/mol. The molecule has 2 heterocycles. The second-order valence-corrected chi connectivity index (χ2v) is 5.47. The smallest absolute Gasteiger partial charge is 0.257 e. The van der Waals surface area contributed by atoms with Crippen LogP contribution < -0.4 is 9.64 Å². The highest BCUT2D eigenvalue weighted by Crippen LogP contribution is 2.31. The van der Waals surface area contributed by atoms with E-state index in [9.17, 15) is 5.11 Å². The van der Waals surface area contributed by atoms with E-state index in [1.54, 1.807) is 12.4 Å². The van der Waals surface area contributed by atoms with Crippen molar-refractivity contribution in [3.05, 3.63) is 12.4 Å². The van der Waals surface area contributed by atoms with Crippen molar-refractivity contribution in [1.29, 1.82) is 0 Å². The summed E-state index contributed by atoms with van der Waals surface area (Å²) in [6.45, 7) is 2.13. The quantitative estimate of drug-likeness (QED) is 0.894. The fraction of sp³-hybridized carbons (Fsp3) is 0.714. The third-order valence-corrected chi connectivity index (χ3v) is 4.15. The number of ether oxygens (including phenoxy) is 1. The summed E-state index contributed by atoms with van der Waals surface area (Å²) in [7, 11) is 0. The lowest BCUT2D eigenvalue weighted by atomic mass is 9.96. The number of rotatable bonds is 4. The van der Waals surface area contributed by atoms with Crippen molar-refractivity contribution < 1.29 is 9.84 Å². The molecule has 0 atom stereocenters. The van der Waals surface area contributed by atoms with E-state index in [4.69, 9.17) is 4.74 Å². The Morgan fingerprint density at radius 1 is 1.16 bits per heavy atom. The zero-order chi connectivity index (χ0) is 13.1. The average molecular weight is 263 g/mol. The van der Waals surface area contributed by atoms with Gasteiger partial charge in [0.25, 0.3) is 5.88 Å². The number of aliphatic hydroxyl groups excluding tert-OH is 1. The molecule has 0 amide bonds. The van der Waals surface area contributed by atoms with Crippen LogP contribution in [0.15, 0.2) is 12.4 Å². The summed E-state index contributed by atoms with van der Waals surface area (Å²) in [6, 6.07) is 0. The average Bonchev–Trinajstić information content (AvgIpc) is 2.43. The number of anilines is 1. The van der Waals surface area contributed by atoms with E-state index in [1.807, 2.05) is 0 Å². The molecular formula is C14H21N3O2. The lowest BCUT2D eigenvalue weighted by Gasteiger charge is -2.33. The zero-order valence-corrected chi connectivity index (χ0v) is 11.2. The largest absolute Gasteiger partial charge is 0.472 e. The van der Waals surface area contributed by atoms with Gasteiger partial charge in [-0.15, -0.1) is 0 Å². The minimum absolute atomic E-state index is 0.291. The second-order valence-electron chi connectivity index (χ2n) is 5.47. The lowest BCUT2D eigenvalue weighted by Crippen LogP contribution is -2.36. The van der Waals surface area contributed by atoms with Crippen molar-refractivity contribution in [2.75, 3.05) is 24.6 Å². The molecule has 1 saturated heterocycles. The number of aromatic nitrogens is 2. The summed E-state index contributed by atoms with van der Waals surface area (Å²) >= 11 is 0. The summed E-state index contributed by atoms with van der Waals surface area (Å²) in [5, 5.41) is 9.19. The van der Waals surface area contributed by atoms with E-state index in [0.717, 1.165) is 44.6 Å². The second kappa shape index (κ2) is 5.74. The van der Waals surface area contributed by atoms with Gasteiger partial charge in [0.2, 0.25) is 0 Å². The Labute approximate surface area is 113 Å². The Morgan fingerprint density at radius 2 is 1.89 bits per heavy atom. The first-order chi connectivity index (χ1) is 9.36. The molecule has 1 aromatic heterocycles. The standard InChI is InChI=1S/C14H21N3O2/c18-10-11-4-8-17(9-5-11)13-14(16-7-6-15-13)19-12-2-1-3-12/h6-7,11-12,18H,1-5,8-10H2. The number of piperidine rings is 1. The van der Waals surface area contributed by atoms with Crippen LogP contribution in [0.1, 0.15) is 32.1 Å². The Kier molecular flexibility index (Phi) is 3.82. The Bertz CT molecular complexity index is 415. The molecule has 1 saturated carbocycles. The zero-order valence-electron chi connectivity index (χ0n) is 11.2. The van der Waals surface area contributed by atoms with Crippen molar-refractivity contribution in [1.82, 2.24) is 9.97 Å². The molecule has 2 fully saturated rings. The van der Waals surface area contributed by atoms with Gasteiger partial charge in [0, 0.05) is 32.1 Å². The number of hydrogen-bond acceptors (Lipinski definition) is 5. The van der Waals surface area contributed by atoms with Crippen molar-refractivity contribution >= 4 is 5.82 Å². The van der Waals surface area contributed by atoms with E-state index in [-0.39, 0.29) is 0 Å². The summed E-state index contributed by atoms with van der Waals surface area (Å²) < 4.78 is 5.92. The maximum absolute atomic E-state index is 9.19. The summed E-state index contributed by atoms with van der Waals surface area (Å²) in [5.41, 5.74) is 0. The van der Waals surface area contributed by atoms with Crippen molar-refractivity contribution in [3.8, 4) is 5.88 Å². The minimum Gasteiger partial charge on any atom is -0.472 e. The first-order valence-electron chi connectivity index (χ1n) is 7.20. The molecule has 0 unspecified atom stereocenters. The van der Waals surface area contributed by atoms with E-state index in [2.05, 4.69) is 14.9 Å². The Hall–Kier alpha value is -1.36. The summed E-state index contributed by atoms with van der Waals surface area (Å²) in [5.74, 6) is 1.98. The first kappa shape index (κ1) is 12.7. The molecule has 0 spiro atoms. The van der Waals surface area contributed by atoms with Gasteiger partial charge < -0.3 is 14.7 Å². The van der Waals surface area contributed by atoms with Gasteiger partial charge in [0.15, 0.2) is 5.82 Å². The van der Waals surface area contributed by atoms with Gasteiger partial charge in [0.1, 0.15) is 6.10 Å². The topological polar surface area (TPSA) is 58.5 Å². The molecule has 1 aromatic rings. The Balaban J connectivity index is 1.69. The van der Waals surface area contributed by atoms with Crippen molar-refractivity contribution in [2.24, 2.45) is 5.92 Å². The highest BCUT2D eigenvalue weighted by molar-refractivity contribution is 5.48. The van der Waals surface area contributed by atoms with Gasteiger partial charge >= 0.3 is 0 Å². The van der Waals surface area contributed by atoms with E-state index in [1.165, 1.54) is 6.42 Å². The maximum atomic E-state index is 9.19. The van der Waals surface area contributed by atoms with Gasteiger partial charge in [-0.1, -0.05) is 0 Å². The van der Waals surface area contributed by atoms with Gasteiger partial charge in [-0.25, -0.2) is 9.97 Å². The van der Waals surface area contributed by atoms with E-state index in [0.29, 0.717) is 24.5 Å². The van der Waals surface area contributed by atoms with Gasteiger partial charge in [-0.2, -0.15) is 0 Å². The van der Waals surface area contributed by atoms with Crippen LogP contribution >= 0.6 is 0 Å². The molecular weight excluding hydrogens is 242 g/mol. The molecule has 2 aliphatic rings. The Morgan fingerprint density at radius 3 is 2.53 bits per heavy atom. The molecule has 5 nitrogen and oxygen atoms in total. The molecule has 5 heteroatoms. The van der Waals surface area contributed by atoms with E-state index < -0.39 is 0 Å². The fourth-order valence-corrected chi connectivity index (χ4v) is 2.59. The minimum atomic E-state index is 0.291. The molecule has 1 aliphatic carbocycles. The van der Waals surface area contributed by atoms with Crippen LogP contribution in [-0.2, 0) is 0 Å². The fourth-order valence-electron chi connectivity index (χ4n) is 2.59. The number of nitrogens with zero attached hydrogens (tertiary/aromatic N) is 3. The van der Waals surface area contributed by atoms with Crippen LogP contribution in [-0.4, -0.2) is 40.9 Å². The summed E-state index contributed by atoms with van der Waals surface area (Å²) in [6.07, 6.45) is 9.27. The van der Waals surface area contributed by atoms with Crippen molar-refractivity contribution in [2.45, 2.75) is 38.2 Å². The molecule has 0 radical (unpaired) electrons. The van der Waals surface area contributed by atoms with Gasteiger partial charge in [-0.3, -0.25) is 0 Å². The van der Waals surface area contributed by atoms with Gasteiger partial charge in [-0.05, 0) is 38.0 Å². The predicted octanol–water partition coefficient (Wildman–Crippen LogP) is 1.62. The highest BCUT2D eigenvalue weighted by Gasteiger charge is 2.25. The molecule has 19 heavy (non-hydrogen) atoms. The molecule has 0 bridgehead atoms. The monoisotopic (exact) mass is 263 g/mol. The highest BCUT2D eigenvalue weighted by atomic mass is 16.5. The first-order valence-corrected chi connectivity index (χ1v) is 7.20. The summed E-state index contributed by atoms with van der Waals surface area (Å²) in [4.78, 5) is 11.0. The number of aliphatic hydroxyl groups is 1. The van der Waals surface area contributed by atoms with Crippen LogP contribution in [0.2, 0.25) is 0 Å².